The number of hydrogen-bond acceptors (Lipinski definition) is 6. The van der Waals surface area contributed by atoms with Crippen molar-refractivity contribution in [3.05, 3.63) is 112 Å². The Kier molecular flexibility index (Phi) is 7.30. The lowest BCUT2D eigenvalue weighted by Crippen LogP contribution is -2.13. The van der Waals surface area contributed by atoms with Gasteiger partial charge in [-0.05, 0) is 42.0 Å². The van der Waals surface area contributed by atoms with Crippen molar-refractivity contribution >= 4 is 17.4 Å². The van der Waals surface area contributed by atoms with Gasteiger partial charge in [-0.3, -0.25) is 19.7 Å². The second-order valence-electron chi connectivity index (χ2n) is 8.68. The molecule has 2 aromatic carbocycles. The third-order valence-electron chi connectivity index (χ3n) is 5.96. The van der Waals surface area contributed by atoms with Gasteiger partial charge in [-0.2, -0.15) is 26.3 Å². The van der Waals surface area contributed by atoms with E-state index >= 15 is 0 Å². The van der Waals surface area contributed by atoms with Crippen molar-refractivity contribution in [2.24, 2.45) is 0 Å². The van der Waals surface area contributed by atoms with E-state index in [0.29, 0.717) is 12.1 Å². The molecule has 0 radical (unpaired) electrons. The third-order valence-corrected chi connectivity index (χ3v) is 6.29. The molecule has 14 heteroatoms. The molecule has 208 valence electrons. The number of pyridine rings is 1. The van der Waals surface area contributed by atoms with Gasteiger partial charge in [-0.25, -0.2) is 4.68 Å². The molecular weight excluding hydrogens is 574 g/mol. The van der Waals surface area contributed by atoms with Crippen LogP contribution in [0.25, 0.3) is 22.6 Å². The van der Waals surface area contributed by atoms with Crippen LogP contribution in [-0.4, -0.2) is 35.7 Å². The van der Waals surface area contributed by atoms with E-state index in [4.69, 9.17) is 11.6 Å². The molecule has 0 unspecified atom stereocenters. The summed E-state index contributed by atoms with van der Waals surface area (Å²) in [5, 5.41) is 8.34. The number of carbonyl (C=O) groups excluding carboxylic acids is 1. The van der Waals surface area contributed by atoms with E-state index in [1.807, 2.05) is 0 Å². The summed E-state index contributed by atoms with van der Waals surface area (Å²) in [6.45, 7) is -0.542. The summed E-state index contributed by atoms with van der Waals surface area (Å²) < 4.78 is 81.9. The Bertz CT molecular complexity index is 1700. The summed E-state index contributed by atoms with van der Waals surface area (Å²) in [5.41, 5.74) is -2.48. The van der Waals surface area contributed by atoms with Crippen LogP contribution in [0.2, 0.25) is 5.02 Å². The fourth-order valence-electron chi connectivity index (χ4n) is 4.14. The topological polar surface area (TPSA) is 86.5 Å². The molecule has 3 aromatic heterocycles. The standard InChI is InChI=1S/C27H15ClF6N6O/c28-21-4-2-1-3-19(21)25(41)18-5-6-35-12-20(18)23-24(22-13-36-7-8-37-22)40(39-38-23)14-15-9-16(26(29,30)31)11-17(10-15)27(32,33)34/h1-13H,14H2. The van der Waals surface area contributed by atoms with E-state index in [9.17, 15) is 31.1 Å². The van der Waals surface area contributed by atoms with Gasteiger partial charge in [-0.15, -0.1) is 5.10 Å². The van der Waals surface area contributed by atoms with Gasteiger partial charge in [0, 0.05) is 41.5 Å². The molecule has 41 heavy (non-hydrogen) atoms. The largest absolute Gasteiger partial charge is 0.416 e. The quantitative estimate of drug-likeness (QED) is 0.161. The van der Waals surface area contributed by atoms with Crippen LogP contribution in [0.5, 0.6) is 0 Å². The summed E-state index contributed by atoms with van der Waals surface area (Å²) in [4.78, 5) is 25.8. The Morgan fingerprint density at radius 2 is 1.51 bits per heavy atom. The monoisotopic (exact) mass is 588 g/mol. The van der Waals surface area contributed by atoms with Crippen LogP contribution < -0.4 is 0 Å². The summed E-state index contributed by atoms with van der Waals surface area (Å²) in [6, 6.07) is 9.04. The van der Waals surface area contributed by atoms with Crippen LogP contribution in [0, 0.1) is 0 Å². The summed E-state index contributed by atoms with van der Waals surface area (Å²) in [6.07, 6.45) is -3.32. The van der Waals surface area contributed by atoms with Crippen molar-refractivity contribution in [3.8, 4) is 22.6 Å². The zero-order valence-electron chi connectivity index (χ0n) is 20.4. The van der Waals surface area contributed by atoms with Crippen LogP contribution in [0.1, 0.15) is 32.6 Å². The molecule has 7 nitrogen and oxygen atoms in total. The molecular formula is C27H15ClF6N6O. The highest BCUT2D eigenvalue weighted by molar-refractivity contribution is 6.35. The number of hydrogen-bond donors (Lipinski definition) is 0. The molecule has 0 aliphatic heterocycles. The molecule has 0 aliphatic rings. The number of nitrogens with zero attached hydrogens (tertiary/aromatic N) is 6. The number of aromatic nitrogens is 6. The van der Waals surface area contributed by atoms with Crippen LogP contribution >= 0.6 is 11.6 Å². The number of halogens is 7. The Labute approximate surface area is 232 Å². The Balaban J connectivity index is 1.67. The second-order valence-corrected chi connectivity index (χ2v) is 9.09. The van der Waals surface area contributed by atoms with Gasteiger partial charge in [0.1, 0.15) is 17.1 Å². The number of benzene rings is 2. The van der Waals surface area contributed by atoms with Crippen molar-refractivity contribution in [2.45, 2.75) is 18.9 Å². The molecule has 3 heterocycles. The van der Waals surface area contributed by atoms with Crippen molar-refractivity contribution in [1.82, 2.24) is 29.9 Å². The van der Waals surface area contributed by atoms with Crippen molar-refractivity contribution < 1.29 is 31.1 Å². The van der Waals surface area contributed by atoms with Crippen LogP contribution in [-0.2, 0) is 18.9 Å². The van der Waals surface area contributed by atoms with Gasteiger partial charge < -0.3 is 0 Å². The molecule has 0 atom stereocenters. The Hall–Kier alpha value is -4.65. The molecule has 5 rings (SSSR count). The fourth-order valence-corrected chi connectivity index (χ4v) is 4.36. The highest BCUT2D eigenvalue weighted by Crippen LogP contribution is 2.37. The van der Waals surface area contributed by atoms with Crippen molar-refractivity contribution in [2.75, 3.05) is 0 Å². The zero-order valence-corrected chi connectivity index (χ0v) is 21.2. The lowest BCUT2D eigenvalue weighted by Gasteiger charge is -2.15. The molecule has 0 saturated heterocycles. The highest BCUT2D eigenvalue weighted by atomic mass is 35.5. The number of carbonyl (C=O) groups is 1. The molecule has 0 saturated carbocycles. The Morgan fingerprint density at radius 1 is 0.829 bits per heavy atom. The maximum absolute atomic E-state index is 13.5. The molecule has 5 aromatic rings. The maximum atomic E-state index is 13.5. The van der Waals surface area contributed by atoms with Gasteiger partial charge in [0.15, 0.2) is 5.78 Å². The van der Waals surface area contributed by atoms with Gasteiger partial charge >= 0.3 is 12.4 Å². The van der Waals surface area contributed by atoms with E-state index in [1.54, 1.807) is 18.2 Å². The summed E-state index contributed by atoms with van der Waals surface area (Å²) in [7, 11) is 0. The SMILES string of the molecule is O=C(c1ccccc1Cl)c1ccncc1-c1nnn(Cc2cc(C(F)(F)F)cc(C(F)(F)F)c2)c1-c1cnccn1. The summed E-state index contributed by atoms with van der Waals surface area (Å²) >= 11 is 6.23. The first-order valence-electron chi connectivity index (χ1n) is 11.7. The van der Waals surface area contributed by atoms with Crippen molar-refractivity contribution in [1.29, 1.82) is 0 Å². The van der Waals surface area contributed by atoms with E-state index < -0.39 is 35.8 Å². The highest BCUT2D eigenvalue weighted by Gasteiger charge is 2.37. The van der Waals surface area contributed by atoms with E-state index in [0.717, 1.165) is 4.68 Å². The zero-order chi connectivity index (χ0) is 29.4. The molecule has 0 aliphatic carbocycles. The normalized spacial score (nSPS) is 12.0. The minimum absolute atomic E-state index is 0.0437. The smallest absolute Gasteiger partial charge is 0.289 e. The van der Waals surface area contributed by atoms with Crippen molar-refractivity contribution in [3.63, 3.8) is 0 Å². The Morgan fingerprint density at radius 3 is 2.15 bits per heavy atom. The molecule has 0 bridgehead atoms. The second kappa shape index (κ2) is 10.7. The van der Waals surface area contributed by atoms with Crippen LogP contribution in [0.3, 0.4) is 0 Å². The van der Waals surface area contributed by atoms with Gasteiger partial charge in [0.25, 0.3) is 0 Å². The average Bonchev–Trinajstić information content (AvgIpc) is 3.35. The van der Waals surface area contributed by atoms with Gasteiger partial charge in [0.05, 0.1) is 28.9 Å². The maximum Gasteiger partial charge on any atom is 0.416 e. The third kappa shape index (κ3) is 5.80. The predicted octanol–water partition coefficient (Wildman–Crippen LogP) is 6.77. The van der Waals surface area contributed by atoms with Crippen LogP contribution in [0.15, 0.2) is 79.5 Å². The fraction of sp³-hybridized carbons (Fsp3) is 0.111. The number of rotatable bonds is 6. The van der Waals surface area contributed by atoms with Crippen LogP contribution in [0.4, 0.5) is 26.3 Å². The average molecular weight is 589 g/mol. The van der Waals surface area contributed by atoms with Gasteiger partial charge in [-0.1, -0.05) is 28.9 Å². The van der Waals surface area contributed by atoms with Gasteiger partial charge in [0.2, 0.25) is 0 Å². The molecule has 0 N–H and O–H groups in total. The number of ketones is 1. The lowest BCUT2D eigenvalue weighted by molar-refractivity contribution is -0.143. The van der Waals surface area contributed by atoms with E-state index in [-0.39, 0.29) is 50.4 Å². The van der Waals surface area contributed by atoms with E-state index in [1.165, 1.54) is 43.1 Å². The first-order valence-corrected chi connectivity index (χ1v) is 12.0. The first-order chi connectivity index (χ1) is 19.4. The first kappa shape index (κ1) is 27.9. The minimum atomic E-state index is -5.03. The molecule has 0 amide bonds. The predicted molar refractivity (Wildman–Crippen MR) is 135 cm³/mol. The van der Waals surface area contributed by atoms with E-state index in [2.05, 4.69) is 25.3 Å². The number of alkyl halides is 6. The summed E-state index contributed by atoms with van der Waals surface area (Å²) in [5.74, 6) is -0.472. The lowest BCUT2D eigenvalue weighted by atomic mass is 9.97. The minimum Gasteiger partial charge on any atom is -0.289 e. The molecule has 0 spiro atoms. The molecule has 0 fully saturated rings.